The second-order valence-corrected chi connectivity index (χ2v) is 3.96. The van der Waals surface area contributed by atoms with Crippen LogP contribution in [0.1, 0.15) is 18.9 Å². The molecule has 0 saturated heterocycles. The fourth-order valence-electron chi connectivity index (χ4n) is 2.08. The van der Waals surface area contributed by atoms with Crippen LogP contribution >= 0.6 is 0 Å². The van der Waals surface area contributed by atoms with Gasteiger partial charge in [0.1, 0.15) is 11.6 Å². The average molecular weight is 209 g/mol. The van der Waals surface area contributed by atoms with Crippen LogP contribution < -0.4 is 10.1 Å². The molecule has 0 radical (unpaired) electrons. The molecule has 0 fully saturated rings. The van der Waals surface area contributed by atoms with Gasteiger partial charge >= 0.3 is 0 Å². The standard InChI is InChI=1S/C12H16FNO/c1-3-8-6-9-11(15-2)5-4-10(13)12(9)14-7-8/h4-5,8,14H,3,6-7H2,1-2H3. The van der Waals surface area contributed by atoms with Crippen LogP contribution in [0, 0.1) is 11.7 Å². The summed E-state index contributed by atoms with van der Waals surface area (Å²) in [6, 6.07) is 3.16. The quantitative estimate of drug-likeness (QED) is 0.808. The Morgan fingerprint density at radius 3 is 3.00 bits per heavy atom. The van der Waals surface area contributed by atoms with Crippen LogP contribution in [0.15, 0.2) is 12.1 Å². The van der Waals surface area contributed by atoms with E-state index in [2.05, 4.69) is 12.2 Å². The number of hydrogen-bond donors (Lipinski definition) is 1. The van der Waals surface area contributed by atoms with E-state index in [4.69, 9.17) is 4.74 Å². The molecule has 1 aliphatic rings. The van der Waals surface area contributed by atoms with E-state index in [9.17, 15) is 4.39 Å². The topological polar surface area (TPSA) is 21.3 Å². The van der Waals surface area contributed by atoms with Crippen LogP contribution in [-0.4, -0.2) is 13.7 Å². The van der Waals surface area contributed by atoms with Gasteiger partial charge in [-0.05, 0) is 24.5 Å². The van der Waals surface area contributed by atoms with Crippen LogP contribution in [0.4, 0.5) is 10.1 Å². The van der Waals surface area contributed by atoms with Gasteiger partial charge in [0.05, 0.1) is 12.8 Å². The van der Waals surface area contributed by atoms with E-state index < -0.39 is 0 Å². The molecule has 0 spiro atoms. The molecule has 0 aliphatic carbocycles. The van der Waals surface area contributed by atoms with Crippen molar-refractivity contribution in [3.8, 4) is 5.75 Å². The molecule has 2 rings (SSSR count). The first-order valence-corrected chi connectivity index (χ1v) is 5.35. The van der Waals surface area contributed by atoms with Crippen molar-refractivity contribution in [3.63, 3.8) is 0 Å². The highest BCUT2D eigenvalue weighted by Gasteiger charge is 2.22. The van der Waals surface area contributed by atoms with E-state index in [1.807, 2.05) is 0 Å². The van der Waals surface area contributed by atoms with Gasteiger partial charge in [-0.3, -0.25) is 0 Å². The van der Waals surface area contributed by atoms with Gasteiger partial charge in [0.25, 0.3) is 0 Å². The molecule has 0 saturated carbocycles. The summed E-state index contributed by atoms with van der Waals surface area (Å²) in [6.07, 6.45) is 2.01. The number of benzene rings is 1. The van der Waals surface area contributed by atoms with Gasteiger partial charge in [-0.25, -0.2) is 4.39 Å². The number of nitrogens with one attached hydrogen (secondary N) is 1. The third-order valence-corrected chi connectivity index (χ3v) is 3.08. The zero-order valence-electron chi connectivity index (χ0n) is 9.14. The van der Waals surface area contributed by atoms with E-state index in [1.54, 1.807) is 13.2 Å². The number of methoxy groups -OCH3 is 1. The monoisotopic (exact) mass is 209 g/mol. The number of anilines is 1. The number of halogens is 1. The van der Waals surface area contributed by atoms with Crippen LogP contribution in [-0.2, 0) is 6.42 Å². The SMILES string of the molecule is CCC1CNc2c(F)ccc(OC)c2C1. The van der Waals surface area contributed by atoms with Crippen molar-refractivity contribution in [1.29, 1.82) is 0 Å². The van der Waals surface area contributed by atoms with Crippen LogP contribution in [0.3, 0.4) is 0 Å². The third-order valence-electron chi connectivity index (χ3n) is 3.08. The Morgan fingerprint density at radius 1 is 1.53 bits per heavy atom. The maximum absolute atomic E-state index is 13.5. The van der Waals surface area contributed by atoms with Crippen LogP contribution in [0.25, 0.3) is 0 Å². The van der Waals surface area contributed by atoms with Gasteiger partial charge in [-0.2, -0.15) is 0 Å². The lowest BCUT2D eigenvalue weighted by molar-refractivity contribution is 0.399. The van der Waals surface area contributed by atoms with E-state index in [0.717, 1.165) is 30.7 Å². The number of ether oxygens (including phenoxy) is 1. The second-order valence-electron chi connectivity index (χ2n) is 3.96. The molecule has 1 atom stereocenters. The highest BCUT2D eigenvalue weighted by Crippen LogP contribution is 2.35. The zero-order valence-corrected chi connectivity index (χ0v) is 9.14. The summed E-state index contributed by atoms with van der Waals surface area (Å²) < 4.78 is 18.8. The third kappa shape index (κ3) is 1.78. The molecule has 0 bridgehead atoms. The molecule has 1 unspecified atom stereocenters. The summed E-state index contributed by atoms with van der Waals surface area (Å²) in [5.41, 5.74) is 1.61. The first-order chi connectivity index (χ1) is 7.26. The lowest BCUT2D eigenvalue weighted by atomic mass is 9.91. The van der Waals surface area contributed by atoms with E-state index in [-0.39, 0.29) is 5.82 Å². The van der Waals surface area contributed by atoms with Gasteiger partial charge in [0.15, 0.2) is 0 Å². The Hall–Kier alpha value is -1.25. The largest absolute Gasteiger partial charge is 0.496 e. The second kappa shape index (κ2) is 4.09. The fraction of sp³-hybridized carbons (Fsp3) is 0.500. The first kappa shape index (κ1) is 10.3. The number of rotatable bonds is 2. The van der Waals surface area contributed by atoms with Gasteiger partial charge < -0.3 is 10.1 Å². The highest BCUT2D eigenvalue weighted by atomic mass is 19.1. The summed E-state index contributed by atoms with van der Waals surface area (Å²) in [5.74, 6) is 1.19. The molecule has 82 valence electrons. The van der Waals surface area contributed by atoms with Gasteiger partial charge in [-0.1, -0.05) is 13.3 Å². The molecule has 2 nitrogen and oxygen atoms in total. The number of hydrogen-bond acceptors (Lipinski definition) is 2. The lowest BCUT2D eigenvalue weighted by Crippen LogP contribution is -2.23. The molecule has 1 N–H and O–H groups in total. The fourth-order valence-corrected chi connectivity index (χ4v) is 2.08. The smallest absolute Gasteiger partial charge is 0.146 e. The van der Waals surface area contributed by atoms with Crippen molar-refractivity contribution in [3.05, 3.63) is 23.5 Å². The maximum Gasteiger partial charge on any atom is 0.146 e. The van der Waals surface area contributed by atoms with Gasteiger partial charge in [-0.15, -0.1) is 0 Å². The van der Waals surface area contributed by atoms with Crippen molar-refractivity contribution in [1.82, 2.24) is 0 Å². The Morgan fingerprint density at radius 2 is 2.33 bits per heavy atom. The minimum absolute atomic E-state index is 0.180. The Balaban J connectivity index is 2.41. The first-order valence-electron chi connectivity index (χ1n) is 5.35. The summed E-state index contributed by atoms with van der Waals surface area (Å²) >= 11 is 0. The Bertz CT molecular complexity index is 365. The zero-order chi connectivity index (χ0) is 10.8. The summed E-state index contributed by atoms with van der Waals surface area (Å²) in [7, 11) is 1.63. The van der Waals surface area contributed by atoms with Crippen LogP contribution in [0.5, 0.6) is 5.75 Å². The highest BCUT2D eigenvalue weighted by molar-refractivity contribution is 5.60. The molecule has 3 heteroatoms. The summed E-state index contributed by atoms with van der Waals surface area (Å²) in [6.45, 7) is 3.01. The Kier molecular flexibility index (Phi) is 2.80. The molecule has 1 heterocycles. The predicted octanol–water partition coefficient (Wildman–Crippen LogP) is 2.83. The van der Waals surface area contributed by atoms with Crippen molar-refractivity contribution in [2.75, 3.05) is 19.0 Å². The molecule has 15 heavy (non-hydrogen) atoms. The summed E-state index contributed by atoms with van der Waals surface area (Å²) in [4.78, 5) is 0. The average Bonchev–Trinajstić information content (AvgIpc) is 2.29. The molecule has 0 amide bonds. The van der Waals surface area contributed by atoms with E-state index in [1.165, 1.54) is 6.07 Å². The van der Waals surface area contributed by atoms with Crippen molar-refractivity contribution >= 4 is 5.69 Å². The van der Waals surface area contributed by atoms with Crippen molar-refractivity contribution < 1.29 is 9.13 Å². The minimum atomic E-state index is -0.180. The maximum atomic E-state index is 13.5. The van der Waals surface area contributed by atoms with E-state index in [0.29, 0.717) is 11.6 Å². The normalized spacial score (nSPS) is 19.3. The van der Waals surface area contributed by atoms with E-state index >= 15 is 0 Å². The van der Waals surface area contributed by atoms with Crippen molar-refractivity contribution in [2.45, 2.75) is 19.8 Å². The van der Waals surface area contributed by atoms with Crippen LogP contribution in [0.2, 0.25) is 0 Å². The molecule has 1 aromatic rings. The van der Waals surface area contributed by atoms with Crippen molar-refractivity contribution in [2.24, 2.45) is 5.92 Å². The molecular formula is C12H16FNO. The van der Waals surface area contributed by atoms with Gasteiger partial charge in [0, 0.05) is 12.1 Å². The molecule has 1 aromatic carbocycles. The predicted molar refractivity (Wildman–Crippen MR) is 58.9 cm³/mol. The Labute approximate surface area is 89.4 Å². The minimum Gasteiger partial charge on any atom is -0.496 e. The van der Waals surface area contributed by atoms with Gasteiger partial charge in [0.2, 0.25) is 0 Å². The summed E-state index contributed by atoms with van der Waals surface area (Å²) in [5, 5.41) is 3.15. The lowest BCUT2D eigenvalue weighted by Gasteiger charge is -2.27. The molecule has 1 aliphatic heterocycles. The molecular weight excluding hydrogens is 193 g/mol. The molecule has 0 aromatic heterocycles. The number of fused-ring (bicyclic) bond motifs is 1.